The Morgan fingerprint density at radius 2 is 1.62 bits per heavy atom. The van der Waals surface area contributed by atoms with Gasteiger partial charge in [-0.2, -0.15) is 0 Å². The molecule has 4 aliphatic rings. The van der Waals surface area contributed by atoms with E-state index in [1.807, 2.05) is 6.92 Å². The van der Waals surface area contributed by atoms with Crippen LogP contribution >= 0.6 is 0 Å². The van der Waals surface area contributed by atoms with E-state index in [9.17, 15) is 8.42 Å². The first-order valence-electron chi connectivity index (χ1n) is 10.5. The Morgan fingerprint density at radius 1 is 0.833 bits per heavy atom. The van der Waals surface area contributed by atoms with Crippen molar-refractivity contribution in [2.45, 2.75) is 96.1 Å². The van der Waals surface area contributed by atoms with Crippen LogP contribution in [0.15, 0.2) is 0 Å². The number of hydrogen-bond donors (Lipinski definition) is 0. The molecule has 0 amide bonds. The van der Waals surface area contributed by atoms with Crippen molar-refractivity contribution in [1.29, 1.82) is 0 Å². The first-order chi connectivity index (χ1) is 11.3. The average Bonchev–Trinajstić information content (AvgIpc) is 2.93. The molecule has 0 aromatic heterocycles. The fourth-order valence-corrected chi connectivity index (χ4v) is 10.9. The minimum Gasteiger partial charge on any atom is -0.228 e. The zero-order valence-corrected chi connectivity index (χ0v) is 16.8. The lowest BCUT2D eigenvalue weighted by molar-refractivity contribution is -0.0931. The van der Waals surface area contributed by atoms with Crippen LogP contribution in [0.5, 0.6) is 0 Å². The molecule has 0 spiro atoms. The highest BCUT2D eigenvalue weighted by atomic mass is 32.2. The predicted molar refractivity (Wildman–Crippen MR) is 99.7 cm³/mol. The topological polar surface area (TPSA) is 34.1 Å². The molecule has 0 unspecified atom stereocenters. The Kier molecular flexibility index (Phi) is 3.96. The molecule has 0 aliphatic heterocycles. The second-order valence-electron chi connectivity index (χ2n) is 9.98. The summed E-state index contributed by atoms with van der Waals surface area (Å²) < 4.78 is 26.6. The summed E-state index contributed by atoms with van der Waals surface area (Å²) in [6.45, 7) is 6.76. The molecule has 2 nitrogen and oxygen atoms in total. The van der Waals surface area contributed by atoms with Crippen LogP contribution in [0.2, 0.25) is 0 Å². The maximum Gasteiger partial charge on any atom is 0.156 e. The lowest BCUT2D eigenvalue weighted by Gasteiger charge is -2.63. The molecule has 4 saturated carbocycles. The van der Waals surface area contributed by atoms with Gasteiger partial charge in [0, 0.05) is 5.75 Å². The van der Waals surface area contributed by atoms with Gasteiger partial charge in [0.1, 0.15) is 0 Å². The van der Waals surface area contributed by atoms with Gasteiger partial charge in [-0.15, -0.1) is 0 Å². The summed E-state index contributed by atoms with van der Waals surface area (Å²) in [5.74, 6) is 2.29. The number of rotatable bonds is 2. The van der Waals surface area contributed by atoms with Crippen LogP contribution in [0.3, 0.4) is 0 Å². The molecule has 3 heteroatoms. The number of sulfone groups is 1. The zero-order chi connectivity index (χ0) is 17.2. The summed E-state index contributed by atoms with van der Waals surface area (Å²) >= 11 is 0. The zero-order valence-electron chi connectivity index (χ0n) is 15.9. The molecule has 4 rings (SSSR count). The number of fused-ring (bicyclic) bond motifs is 5. The molecule has 0 aromatic carbocycles. The molecule has 0 heterocycles. The van der Waals surface area contributed by atoms with Crippen LogP contribution in [0.1, 0.15) is 91.4 Å². The molecular weight excluding hydrogens is 316 g/mol. The molecule has 0 N–H and O–H groups in total. The lowest BCUT2D eigenvalue weighted by Crippen LogP contribution is -2.64. The summed E-state index contributed by atoms with van der Waals surface area (Å²) in [5, 5.41) is 0. The maximum atomic E-state index is 13.5. The van der Waals surface area contributed by atoms with Gasteiger partial charge in [0.05, 0.1) is 4.75 Å². The Morgan fingerprint density at radius 3 is 2.38 bits per heavy atom. The SMILES string of the molecule is CCS(=O)(=O)[C@@]12CCC[C@@]1(C)CC[C@H]1[C@H]2CC[C@H]2CCCC[C@@]21C. The van der Waals surface area contributed by atoms with Crippen LogP contribution in [-0.2, 0) is 9.84 Å². The standard InChI is InChI=1S/C21H36O2S/c1-4-24(22,23)21-14-7-12-19(21,2)15-11-17-18(21)10-9-16-8-5-6-13-20(16,17)3/h16-18H,4-15H2,1-3H3/t16-,17+,18-,19+,20+,21-/m1/s1. The highest BCUT2D eigenvalue weighted by Crippen LogP contribution is 2.70. The highest BCUT2D eigenvalue weighted by molar-refractivity contribution is 7.92. The van der Waals surface area contributed by atoms with Crippen molar-refractivity contribution in [1.82, 2.24) is 0 Å². The molecule has 4 fully saturated rings. The highest BCUT2D eigenvalue weighted by Gasteiger charge is 2.69. The Balaban J connectivity index is 1.82. The fourth-order valence-electron chi connectivity index (χ4n) is 8.24. The van der Waals surface area contributed by atoms with E-state index >= 15 is 0 Å². The first kappa shape index (κ1) is 17.4. The maximum absolute atomic E-state index is 13.5. The van der Waals surface area contributed by atoms with Gasteiger partial charge in [-0.1, -0.05) is 40.0 Å². The van der Waals surface area contributed by atoms with Crippen molar-refractivity contribution in [3.8, 4) is 0 Å². The van der Waals surface area contributed by atoms with Crippen molar-refractivity contribution < 1.29 is 8.42 Å². The van der Waals surface area contributed by atoms with E-state index in [1.54, 1.807) is 0 Å². The van der Waals surface area contributed by atoms with Gasteiger partial charge in [0.25, 0.3) is 0 Å². The minimum atomic E-state index is -3.01. The third-order valence-electron chi connectivity index (χ3n) is 9.45. The monoisotopic (exact) mass is 352 g/mol. The van der Waals surface area contributed by atoms with Gasteiger partial charge in [-0.05, 0) is 80.0 Å². The smallest absolute Gasteiger partial charge is 0.156 e. The normalized spacial score (nSPS) is 51.5. The van der Waals surface area contributed by atoms with Crippen molar-refractivity contribution in [3.05, 3.63) is 0 Å². The van der Waals surface area contributed by atoms with E-state index in [-0.39, 0.29) is 5.41 Å². The quantitative estimate of drug-likeness (QED) is 0.670. The third kappa shape index (κ3) is 1.97. The largest absolute Gasteiger partial charge is 0.228 e. The van der Waals surface area contributed by atoms with Crippen LogP contribution in [-0.4, -0.2) is 18.9 Å². The van der Waals surface area contributed by atoms with Gasteiger partial charge < -0.3 is 0 Å². The average molecular weight is 353 g/mol. The summed E-state index contributed by atoms with van der Waals surface area (Å²) in [6.07, 6.45) is 13.6. The third-order valence-corrected chi connectivity index (χ3v) is 12.3. The Hall–Kier alpha value is -0.0500. The van der Waals surface area contributed by atoms with Crippen molar-refractivity contribution in [2.24, 2.45) is 28.6 Å². The predicted octanol–water partition coefficient (Wildman–Crippen LogP) is 5.37. The molecular formula is C21H36O2S. The molecule has 0 radical (unpaired) electrons. The van der Waals surface area contributed by atoms with Crippen LogP contribution < -0.4 is 0 Å². The van der Waals surface area contributed by atoms with Gasteiger partial charge in [-0.25, -0.2) is 8.42 Å². The fraction of sp³-hybridized carbons (Fsp3) is 1.00. The van der Waals surface area contributed by atoms with Gasteiger partial charge in [-0.3, -0.25) is 0 Å². The second-order valence-corrected chi connectivity index (χ2v) is 12.5. The molecule has 0 bridgehead atoms. The molecule has 4 aliphatic carbocycles. The van der Waals surface area contributed by atoms with Gasteiger partial charge in [0.2, 0.25) is 0 Å². The summed E-state index contributed by atoms with van der Waals surface area (Å²) in [5.41, 5.74) is 0.461. The Labute approximate surface area is 149 Å². The van der Waals surface area contributed by atoms with Crippen LogP contribution in [0, 0.1) is 28.6 Å². The van der Waals surface area contributed by atoms with E-state index in [2.05, 4.69) is 13.8 Å². The number of hydrogen-bond acceptors (Lipinski definition) is 2. The lowest BCUT2D eigenvalue weighted by atomic mass is 9.45. The molecule has 0 saturated heterocycles. The van der Waals surface area contributed by atoms with Crippen LogP contribution in [0.4, 0.5) is 0 Å². The van der Waals surface area contributed by atoms with E-state index in [4.69, 9.17) is 0 Å². The van der Waals surface area contributed by atoms with Gasteiger partial charge >= 0.3 is 0 Å². The van der Waals surface area contributed by atoms with Crippen LogP contribution in [0.25, 0.3) is 0 Å². The Bertz CT molecular complexity index is 611. The van der Waals surface area contributed by atoms with Crippen molar-refractivity contribution in [2.75, 3.05) is 5.75 Å². The van der Waals surface area contributed by atoms with E-state index in [1.165, 1.54) is 44.9 Å². The second kappa shape index (κ2) is 5.47. The first-order valence-corrected chi connectivity index (χ1v) is 12.2. The van der Waals surface area contributed by atoms with Crippen molar-refractivity contribution in [3.63, 3.8) is 0 Å². The van der Waals surface area contributed by atoms with Gasteiger partial charge in [0.15, 0.2) is 9.84 Å². The van der Waals surface area contributed by atoms with Crippen molar-refractivity contribution >= 4 is 9.84 Å². The molecule has 6 atom stereocenters. The summed E-state index contributed by atoms with van der Waals surface area (Å²) in [7, 11) is -3.01. The van der Waals surface area contributed by atoms with E-state index in [0.29, 0.717) is 23.0 Å². The van der Waals surface area contributed by atoms with E-state index < -0.39 is 14.6 Å². The van der Waals surface area contributed by atoms with E-state index in [0.717, 1.165) is 31.6 Å². The summed E-state index contributed by atoms with van der Waals surface area (Å²) in [6, 6.07) is 0. The minimum absolute atomic E-state index is 0.0425. The summed E-state index contributed by atoms with van der Waals surface area (Å²) in [4.78, 5) is 0. The molecule has 0 aromatic rings. The molecule has 138 valence electrons. The molecule has 24 heavy (non-hydrogen) atoms.